The third-order valence-electron chi connectivity index (χ3n) is 3.77. The van der Waals surface area contributed by atoms with E-state index in [2.05, 4.69) is 5.32 Å². The number of phenols is 1. The molecule has 0 radical (unpaired) electrons. The molecule has 1 fully saturated rings. The maximum Gasteiger partial charge on any atom is 0.255 e. The molecule has 3 nitrogen and oxygen atoms in total. The number of benzene rings is 1. The summed E-state index contributed by atoms with van der Waals surface area (Å²) in [5.74, 6) is 0.456. The van der Waals surface area contributed by atoms with Crippen LogP contribution in [0.25, 0.3) is 0 Å². The summed E-state index contributed by atoms with van der Waals surface area (Å²) in [5, 5.41) is 12.9. The molecule has 4 heteroatoms. The van der Waals surface area contributed by atoms with Crippen molar-refractivity contribution in [1.82, 2.24) is 5.32 Å². The molecule has 19 heavy (non-hydrogen) atoms. The van der Waals surface area contributed by atoms with Gasteiger partial charge in [-0.25, -0.2) is 0 Å². The molecule has 0 saturated heterocycles. The Labute approximate surface area is 119 Å². The first-order chi connectivity index (χ1) is 9.16. The summed E-state index contributed by atoms with van der Waals surface area (Å²) in [4.78, 5) is 11.9. The van der Waals surface area contributed by atoms with Crippen molar-refractivity contribution in [3.05, 3.63) is 28.8 Å². The lowest BCUT2D eigenvalue weighted by Crippen LogP contribution is -2.26. The van der Waals surface area contributed by atoms with Crippen molar-refractivity contribution in [3.63, 3.8) is 0 Å². The molecule has 0 aliphatic heterocycles. The number of amides is 1. The van der Waals surface area contributed by atoms with Crippen LogP contribution >= 0.6 is 11.6 Å². The van der Waals surface area contributed by atoms with Crippen molar-refractivity contribution in [3.8, 4) is 5.75 Å². The molecule has 1 aliphatic rings. The molecular formula is C15H20ClNO2. The molecule has 0 spiro atoms. The normalized spacial score (nSPS) is 16.3. The van der Waals surface area contributed by atoms with Gasteiger partial charge in [0, 0.05) is 11.6 Å². The third-order valence-corrected chi connectivity index (χ3v) is 4.00. The molecule has 0 aromatic heterocycles. The fourth-order valence-corrected chi connectivity index (χ4v) is 2.82. The lowest BCUT2D eigenvalue weighted by Gasteiger charge is -2.21. The summed E-state index contributed by atoms with van der Waals surface area (Å²) >= 11 is 5.83. The van der Waals surface area contributed by atoms with E-state index >= 15 is 0 Å². The SMILES string of the molecule is O=C(NCCC1CCCCC1)c1cc(Cl)ccc1O. The van der Waals surface area contributed by atoms with E-state index < -0.39 is 0 Å². The molecule has 1 aromatic rings. The van der Waals surface area contributed by atoms with Crippen molar-refractivity contribution in [2.45, 2.75) is 38.5 Å². The molecule has 1 amide bonds. The fraction of sp³-hybridized carbons (Fsp3) is 0.533. The first-order valence-electron chi connectivity index (χ1n) is 6.93. The Bertz CT molecular complexity index is 442. The number of carbonyl (C=O) groups is 1. The van der Waals surface area contributed by atoms with E-state index in [0.717, 1.165) is 12.3 Å². The average Bonchev–Trinajstić information content (AvgIpc) is 2.42. The summed E-state index contributed by atoms with van der Waals surface area (Å²) in [6, 6.07) is 4.50. The van der Waals surface area contributed by atoms with E-state index in [1.165, 1.54) is 44.2 Å². The standard InChI is InChI=1S/C15H20ClNO2/c16-12-6-7-14(18)13(10-12)15(19)17-9-8-11-4-2-1-3-5-11/h6-7,10-11,18H,1-5,8-9H2,(H,17,19). The van der Waals surface area contributed by atoms with Crippen LogP contribution in [0, 0.1) is 5.92 Å². The molecule has 1 aliphatic carbocycles. The Morgan fingerprint density at radius 2 is 2.05 bits per heavy atom. The van der Waals surface area contributed by atoms with Crippen molar-refractivity contribution in [1.29, 1.82) is 0 Å². The van der Waals surface area contributed by atoms with Crippen molar-refractivity contribution in [2.75, 3.05) is 6.54 Å². The van der Waals surface area contributed by atoms with Crippen LogP contribution in [0.1, 0.15) is 48.9 Å². The molecule has 2 rings (SSSR count). The van der Waals surface area contributed by atoms with Gasteiger partial charge in [-0.1, -0.05) is 43.7 Å². The fourth-order valence-electron chi connectivity index (χ4n) is 2.65. The third kappa shape index (κ3) is 4.13. The summed E-state index contributed by atoms with van der Waals surface area (Å²) in [7, 11) is 0. The molecule has 0 bridgehead atoms. The molecule has 0 unspecified atom stereocenters. The number of hydrogen-bond acceptors (Lipinski definition) is 2. The second-order valence-electron chi connectivity index (χ2n) is 5.21. The molecule has 0 heterocycles. The monoisotopic (exact) mass is 281 g/mol. The Morgan fingerprint density at radius 3 is 2.79 bits per heavy atom. The summed E-state index contributed by atoms with van der Waals surface area (Å²) in [6.07, 6.45) is 7.55. The molecule has 1 aromatic carbocycles. The van der Waals surface area contributed by atoms with Crippen LogP contribution in [0.2, 0.25) is 5.02 Å². The van der Waals surface area contributed by atoms with Crippen LogP contribution in [0.15, 0.2) is 18.2 Å². The zero-order valence-electron chi connectivity index (χ0n) is 11.0. The number of rotatable bonds is 4. The Morgan fingerprint density at radius 1 is 1.32 bits per heavy atom. The van der Waals surface area contributed by atoms with E-state index in [4.69, 9.17) is 11.6 Å². The Hall–Kier alpha value is -1.22. The number of phenolic OH excluding ortho intramolecular Hbond substituents is 1. The Kier molecular flexibility index (Phi) is 5.08. The summed E-state index contributed by atoms with van der Waals surface area (Å²) in [6.45, 7) is 0.662. The van der Waals surface area contributed by atoms with E-state index in [-0.39, 0.29) is 17.2 Å². The minimum atomic E-state index is -0.254. The summed E-state index contributed by atoms with van der Waals surface area (Å²) < 4.78 is 0. The smallest absolute Gasteiger partial charge is 0.255 e. The van der Waals surface area contributed by atoms with Crippen LogP contribution in [0.3, 0.4) is 0 Å². The number of hydrogen-bond donors (Lipinski definition) is 2. The van der Waals surface area contributed by atoms with Gasteiger partial charge in [0.2, 0.25) is 0 Å². The topological polar surface area (TPSA) is 49.3 Å². The number of halogens is 1. The maximum atomic E-state index is 11.9. The maximum absolute atomic E-state index is 11.9. The number of aromatic hydroxyl groups is 1. The van der Waals surface area contributed by atoms with Crippen molar-refractivity contribution >= 4 is 17.5 Å². The summed E-state index contributed by atoms with van der Waals surface area (Å²) in [5.41, 5.74) is 0.246. The average molecular weight is 282 g/mol. The van der Waals surface area contributed by atoms with Gasteiger partial charge in [-0.15, -0.1) is 0 Å². The minimum Gasteiger partial charge on any atom is -0.507 e. The first-order valence-corrected chi connectivity index (χ1v) is 7.31. The highest BCUT2D eigenvalue weighted by Gasteiger charge is 2.15. The van der Waals surface area contributed by atoms with Gasteiger partial charge in [-0.2, -0.15) is 0 Å². The van der Waals surface area contributed by atoms with E-state index in [0.29, 0.717) is 11.6 Å². The lowest BCUT2D eigenvalue weighted by atomic mass is 9.87. The van der Waals surface area contributed by atoms with Gasteiger partial charge in [0.1, 0.15) is 5.75 Å². The van der Waals surface area contributed by atoms with E-state index in [1.807, 2.05) is 0 Å². The van der Waals surface area contributed by atoms with Crippen LogP contribution in [0.4, 0.5) is 0 Å². The van der Waals surface area contributed by atoms with Crippen LogP contribution in [-0.2, 0) is 0 Å². The number of nitrogens with one attached hydrogen (secondary N) is 1. The van der Waals surface area contributed by atoms with Gasteiger partial charge in [-0.3, -0.25) is 4.79 Å². The van der Waals surface area contributed by atoms with E-state index in [9.17, 15) is 9.90 Å². The van der Waals surface area contributed by atoms with Gasteiger partial charge in [0.05, 0.1) is 5.56 Å². The molecule has 2 N–H and O–H groups in total. The van der Waals surface area contributed by atoms with Crippen LogP contribution in [-0.4, -0.2) is 17.6 Å². The highest BCUT2D eigenvalue weighted by Crippen LogP contribution is 2.26. The Balaban J connectivity index is 1.82. The zero-order valence-corrected chi connectivity index (χ0v) is 11.7. The lowest BCUT2D eigenvalue weighted by molar-refractivity contribution is 0.0947. The highest BCUT2D eigenvalue weighted by atomic mass is 35.5. The quantitative estimate of drug-likeness (QED) is 0.883. The molecule has 0 atom stereocenters. The van der Waals surface area contributed by atoms with Gasteiger partial charge in [0.15, 0.2) is 0 Å². The number of carbonyl (C=O) groups excluding carboxylic acids is 1. The van der Waals surface area contributed by atoms with Gasteiger partial charge in [0.25, 0.3) is 5.91 Å². The van der Waals surface area contributed by atoms with Crippen LogP contribution in [0.5, 0.6) is 5.75 Å². The minimum absolute atomic E-state index is 0.0282. The van der Waals surface area contributed by atoms with Gasteiger partial charge < -0.3 is 10.4 Å². The van der Waals surface area contributed by atoms with Crippen LogP contribution < -0.4 is 5.32 Å². The second kappa shape index (κ2) is 6.80. The van der Waals surface area contributed by atoms with Crippen molar-refractivity contribution in [2.24, 2.45) is 5.92 Å². The molecular weight excluding hydrogens is 262 g/mol. The van der Waals surface area contributed by atoms with Gasteiger partial charge in [-0.05, 0) is 30.5 Å². The van der Waals surface area contributed by atoms with Crippen molar-refractivity contribution < 1.29 is 9.90 Å². The highest BCUT2D eigenvalue weighted by molar-refractivity contribution is 6.31. The first kappa shape index (κ1) is 14.2. The largest absolute Gasteiger partial charge is 0.507 e. The van der Waals surface area contributed by atoms with E-state index in [1.54, 1.807) is 6.07 Å². The predicted molar refractivity (Wildman–Crippen MR) is 76.6 cm³/mol. The second-order valence-corrected chi connectivity index (χ2v) is 5.65. The zero-order chi connectivity index (χ0) is 13.7. The van der Waals surface area contributed by atoms with Gasteiger partial charge >= 0.3 is 0 Å². The molecule has 104 valence electrons. The predicted octanol–water partition coefficient (Wildman–Crippen LogP) is 3.75. The molecule has 1 saturated carbocycles.